The Bertz CT molecular complexity index is 876. The molecular weight excluding hydrogens is 356 g/mol. The summed E-state index contributed by atoms with van der Waals surface area (Å²) in [5, 5.41) is 20.1. The van der Waals surface area contributed by atoms with Crippen LogP contribution in [-0.4, -0.2) is 9.49 Å². The number of thioether (sulfide) groups is 2. The highest BCUT2D eigenvalue weighted by atomic mass is 32.2. The van der Waals surface area contributed by atoms with Crippen LogP contribution in [0.25, 0.3) is 0 Å². The van der Waals surface area contributed by atoms with Gasteiger partial charge in [0.15, 0.2) is 0 Å². The Balaban J connectivity index is 1.78. The average molecular weight is 375 g/mol. The number of benzene rings is 2. The number of hydrogen-bond acceptors (Lipinski definition) is 4. The average Bonchev–Trinajstić information content (AvgIpc) is 3.15. The van der Waals surface area contributed by atoms with Crippen LogP contribution in [0.15, 0.2) is 69.5 Å². The summed E-state index contributed by atoms with van der Waals surface area (Å²) in [6, 6.07) is 21.4. The number of hydrogen-bond donors (Lipinski definition) is 0. The summed E-state index contributed by atoms with van der Waals surface area (Å²) in [6.07, 6.45) is 1.57. The summed E-state index contributed by atoms with van der Waals surface area (Å²) < 4.78 is -0.774. The Labute approximate surface area is 162 Å². The van der Waals surface area contributed by atoms with E-state index in [1.165, 1.54) is 20.9 Å². The number of fused-ring (bicyclic) bond motifs is 2. The summed E-state index contributed by atoms with van der Waals surface area (Å²) in [5.74, 6) is 0. The SMILES string of the molecule is CC1(/C(C#N)=C(\C#N)C2(C)Cc3ccccc3S2)Cc2ccccc2S1. The maximum atomic E-state index is 10.0. The summed E-state index contributed by atoms with van der Waals surface area (Å²) in [6.45, 7) is 4.20. The molecule has 0 aliphatic carbocycles. The van der Waals surface area contributed by atoms with Crippen LogP contribution in [0, 0.1) is 22.7 Å². The predicted octanol–water partition coefficient (Wildman–Crippen LogP) is 5.54. The molecule has 4 rings (SSSR count). The van der Waals surface area contributed by atoms with Gasteiger partial charge in [0, 0.05) is 9.79 Å². The summed E-state index contributed by atoms with van der Waals surface area (Å²) in [4.78, 5) is 2.43. The quantitative estimate of drug-likeness (QED) is 0.647. The zero-order chi connectivity index (χ0) is 18.4. The second kappa shape index (κ2) is 6.23. The van der Waals surface area contributed by atoms with Crippen molar-refractivity contribution in [2.75, 3.05) is 0 Å². The van der Waals surface area contributed by atoms with Crippen molar-refractivity contribution in [3.8, 4) is 12.1 Å². The fourth-order valence-corrected chi connectivity index (χ4v) is 6.70. The van der Waals surface area contributed by atoms with Gasteiger partial charge in [0.2, 0.25) is 0 Å². The molecule has 0 saturated heterocycles. The van der Waals surface area contributed by atoms with Crippen molar-refractivity contribution in [2.45, 2.75) is 46.0 Å². The molecule has 2 nitrogen and oxygen atoms in total. The van der Waals surface area contributed by atoms with Gasteiger partial charge in [-0.1, -0.05) is 36.4 Å². The van der Waals surface area contributed by atoms with Gasteiger partial charge in [-0.25, -0.2) is 0 Å². The summed E-state index contributed by atoms with van der Waals surface area (Å²) >= 11 is 3.43. The lowest BCUT2D eigenvalue weighted by atomic mass is 9.84. The van der Waals surface area contributed by atoms with E-state index in [9.17, 15) is 10.5 Å². The van der Waals surface area contributed by atoms with Crippen LogP contribution in [0.5, 0.6) is 0 Å². The standard InChI is InChI=1S/C22H18N2S2/c1-21(11-15-7-3-5-9-19(15)25-21)17(13-23)18(14-24)22(2)12-16-8-4-6-10-20(16)26-22/h3-10H,11-12H2,1-2H3/b18-17+. The molecule has 0 fully saturated rings. The molecule has 26 heavy (non-hydrogen) atoms. The maximum Gasteiger partial charge on any atom is 0.0973 e. The zero-order valence-corrected chi connectivity index (χ0v) is 16.4. The van der Waals surface area contributed by atoms with Gasteiger partial charge in [-0.3, -0.25) is 0 Å². The third kappa shape index (κ3) is 2.65. The number of nitrogens with zero attached hydrogens (tertiary/aromatic N) is 2. The van der Waals surface area contributed by atoms with E-state index in [0.29, 0.717) is 11.1 Å². The predicted molar refractivity (Wildman–Crippen MR) is 107 cm³/mol. The number of rotatable bonds is 2. The van der Waals surface area contributed by atoms with Crippen LogP contribution >= 0.6 is 23.5 Å². The highest BCUT2D eigenvalue weighted by Crippen LogP contribution is 2.54. The van der Waals surface area contributed by atoms with Crippen molar-refractivity contribution >= 4 is 23.5 Å². The van der Waals surface area contributed by atoms with Crippen LogP contribution in [-0.2, 0) is 12.8 Å². The molecule has 0 radical (unpaired) electrons. The minimum Gasteiger partial charge on any atom is -0.193 e. The van der Waals surface area contributed by atoms with Crippen molar-refractivity contribution in [1.29, 1.82) is 10.5 Å². The van der Waals surface area contributed by atoms with Crippen molar-refractivity contribution in [3.05, 3.63) is 70.8 Å². The highest BCUT2D eigenvalue weighted by Gasteiger charge is 2.45. The van der Waals surface area contributed by atoms with Crippen molar-refractivity contribution in [3.63, 3.8) is 0 Å². The van der Waals surface area contributed by atoms with Gasteiger partial charge >= 0.3 is 0 Å². The lowest BCUT2D eigenvalue weighted by Gasteiger charge is -2.29. The molecule has 4 heteroatoms. The third-order valence-corrected chi connectivity index (χ3v) is 8.04. The first-order valence-electron chi connectivity index (χ1n) is 8.58. The Kier molecular flexibility index (Phi) is 4.14. The van der Waals surface area contributed by atoms with Crippen molar-refractivity contribution < 1.29 is 0 Å². The second-order valence-electron chi connectivity index (χ2n) is 7.21. The maximum absolute atomic E-state index is 10.0. The minimum atomic E-state index is -0.387. The van der Waals surface area contributed by atoms with Gasteiger partial charge in [0.05, 0.1) is 32.8 Å². The summed E-state index contributed by atoms with van der Waals surface area (Å²) in [7, 11) is 0. The minimum absolute atomic E-state index is 0.387. The van der Waals surface area contributed by atoms with E-state index >= 15 is 0 Å². The Morgan fingerprint density at radius 1 is 0.769 bits per heavy atom. The summed E-state index contributed by atoms with van der Waals surface area (Å²) in [5.41, 5.74) is 3.78. The van der Waals surface area contributed by atoms with Crippen LogP contribution in [0.3, 0.4) is 0 Å². The fraction of sp³-hybridized carbons (Fsp3) is 0.273. The lowest BCUT2D eigenvalue weighted by molar-refractivity contribution is 0.717. The first-order valence-corrected chi connectivity index (χ1v) is 10.2. The van der Waals surface area contributed by atoms with E-state index in [-0.39, 0.29) is 9.49 Å². The first-order chi connectivity index (χ1) is 12.5. The topological polar surface area (TPSA) is 47.6 Å². The van der Waals surface area contributed by atoms with Gasteiger partial charge in [-0.15, -0.1) is 23.5 Å². The Morgan fingerprint density at radius 3 is 1.50 bits per heavy atom. The van der Waals surface area contributed by atoms with Gasteiger partial charge in [0.1, 0.15) is 0 Å². The Hall–Kier alpha value is -2.14. The van der Waals surface area contributed by atoms with Gasteiger partial charge in [-0.05, 0) is 49.9 Å². The molecule has 0 saturated carbocycles. The normalized spacial score (nSPS) is 27.1. The monoisotopic (exact) mass is 374 g/mol. The van der Waals surface area contributed by atoms with E-state index in [4.69, 9.17) is 0 Å². The molecule has 2 atom stereocenters. The largest absolute Gasteiger partial charge is 0.193 e. The van der Waals surface area contributed by atoms with Crippen molar-refractivity contribution in [2.24, 2.45) is 0 Å². The van der Waals surface area contributed by atoms with Gasteiger partial charge in [-0.2, -0.15) is 10.5 Å². The van der Waals surface area contributed by atoms with Crippen LogP contribution in [0.4, 0.5) is 0 Å². The molecule has 2 aliphatic heterocycles. The van der Waals surface area contributed by atoms with E-state index in [1.54, 1.807) is 23.5 Å². The highest BCUT2D eigenvalue weighted by molar-refractivity contribution is 8.01. The molecule has 2 unspecified atom stereocenters. The molecule has 2 aromatic rings. The first kappa shape index (κ1) is 17.3. The molecule has 128 valence electrons. The molecule has 2 aromatic carbocycles. The lowest BCUT2D eigenvalue weighted by Crippen LogP contribution is -2.30. The zero-order valence-electron chi connectivity index (χ0n) is 14.7. The van der Waals surface area contributed by atoms with Crippen LogP contribution in [0.2, 0.25) is 0 Å². The van der Waals surface area contributed by atoms with Crippen LogP contribution < -0.4 is 0 Å². The molecular formula is C22H18N2S2. The molecule has 0 amide bonds. The van der Waals surface area contributed by atoms with Crippen molar-refractivity contribution in [1.82, 2.24) is 0 Å². The molecule has 2 aliphatic rings. The fourth-order valence-electron chi connectivity index (χ4n) is 3.94. The molecule has 0 aromatic heterocycles. The number of nitriles is 2. The van der Waals surface area contributed by atoms with E-state index in [1.807, 2.05) is 24.3 Å². The molecule has 2 heterocycles. The van der Waals surface area contributed by atoms with Crippen LogP contribution in [0.1, 0.15) is 25.0 Å². The van der Waals surface area contributed by atoms with E-state index in [2.05, 4.69) is 50.3 Å². The second-order valence-corrected chi connectivity index (χ2v) is 10.3. The van der Waals surface area contributed by atoms with E-state index < -0.39 is 0 Å². The third-order valence-electron chi connectivity index (χ3n) is 5.20. The van der Waals surface area contributed by atoms with Gasteiger partial charge < -0.3 is 0 Å². The van der Waals surface area contributed by atoms with E-state index in [0.717, 1.165) is 12.8 Å². The van der Waals surface area contributed by atoms with Gasteiger partial charge in [0.25, 0.3) is 0 Å². The Morgan fingerprint density at radius 2 is 1.15 bits per heavy atom. The smallest absolute Gasteiger partial charge is 0.0973 e. The molecule has 0 spiro atoms. The molecule has 0 bridgehead atoms. The molecule has 0 N–H and O–H groups in total.